The molecule has 114 valence electrons. The number of pyridine rings is 1. The second-order valence-corrected chi connectivity index (χ2v) is 4.85. The van der Waals surface area contributed by atoms with E-state index in [1.165, 1.54) is 0 Å². The molecule has 5 heteroatoms. The Morgan fingerprint density at radius 3 is 2.76 bits per heavy atom. The molecule has 0 saturated heterocycles. The van der Waals surface area contributed by atoms with Gasteiger partial charge in [0.15, 0.2) is 0 Å². The van der Waals surface area contributed by atoms with E-state index in [-0.39, 0.29) is 0 Å². The molecule has 2 aromatic rings. The number of methoxy groups -OCH3 is 2. The molecule has 1 heterocycles. The van der Waals surface area contributed by atoms with Gasteiger partial charge < -0.3 is 19.7 Å². The van der Waals surface area contributed by atoms with Crippen LogP contribution in [0.15, 0.2) is 30.5 Å². The van der Waals surface area contributed by atoms with Gasteiger partial charge in [0.2, 0.25) is 0 Å². The fraction of sp³-hybridized carbons (Fsp3) is 0.438. The average molecular weight is 289 g/mol. The van der Waals surface area contributed by atoms with Gasteiger partial charge in [0, 0.05) is 50.8 Å². The maximum absolute atomic E-state index is 5.42. The van der Waals surface area contributed by atoms with Gasteiger partial charge in [-0.1, -0.05) is 12.1 Å². The third kappa shape index (κ3) is 3.83. The van der Waals surface area contributed by atoms with Crippen LogP contribution in [-0.2, 0) is 4.74 Å². The first kappa shape index (κ1) is 15.5. The lowest BCUT2D eigenvalue weighted by atomic mass is 10.1. The van der Waals surface area contributed by atoms with Crippen LogP contribution in [0.3, 0.4) is 0 Å². The molecular formula is C16H23N3O2. The molecule has 0 aliphatic carbocycles. The number of hydrogen-bond donors (Lipinski definition) is 1. The molecule has 0 unspecified atom stereocenters. The van der Waals surface area contributed by atoms with E-state index in [0.717, 1.165) is 48.6 Å². The lowest BCUT2D eigenvalue weighted by Crippen LogP contribution is -2.31. The minimum Gasteiger partial charge on any atom is -0.496 e. The first-order chi connectivity index (χ1) is 10.3. The van der Waals surface area contributed by atoms with E-state index >= 15 is 0 Å². The minimum absolute atomic E-state index is 0.730. The van der Waals surface area contributed by atoms with Crippen molar-refractivity contribution in [3.8, 4) is 5.75 Å². The maximum atomic E-state index is 5.42. The molecule has 0 aliphatic rings. The Bertz CT molecular complexity index is 574. The molecule has 21 heavy (non-hydrogen) atoms. The van der Waals surface area contributed by atoms with Crippen LogP contribution in [0.2, 0.25) is 0 Å². The van der Waals surface area contributed by atoms with Crippen molar-refractivity contribution in [2.45, 2.75) is 0 Å². The Morgan fingerprint density at radius 1 is 1.14 bits per heavy atom. The van der Waals surface area contributed by atoms with Gasteiger partial charge in [0.25, 0.3) is 0 Å². The lowest BCUT2D eigenvalue weighted by Gasteiger charge is -2.20. The van der Waals surface area contributed by atoms with Crippen molar-refractivity contribution in [1.29, 1.82) is 0 Å². The minimum atomic E-state index is 0.730. The number of likely N-dealkylation sites (N-methyl/N-ethyl adjacent to an activating group) is 1. The first-order valence-electron chi connectivity index (χ1n) is 7.10. The van der Waals surface area contributed by atoms with Crippen LogP contribution in [0.5, 0.6) is 5.75 Å². The van der Waals surface area contributed by atoms with Crippen LogP contribution >= 0.6 is 0 Å². The highest BCUT2D eigenvalue weighted by molar-refractivity contribution is 5.96. The van der Waals surface area contributed by atoms with E-state index in [1.807, 2.05) is 24.4 Å². The van der Waals surface area contributed by atoms with E-state index < -0.39 is 0 Å². The monoisotopic (exact) mass is 289 g/mol. The molecular weight excluding hydrogens is 266 g/mol. The summed E-state index contributed by atoms with van der Waals surface area (Å²) in [5.74, 6) is 1.85. The van der Waals surface area contributed by atoms with Crippen molar-refractivity contribution in [3.05, 3.63) is 30.5 Å². The zero-order valence-electron chi connectivity index (χ0n) is 12.9. The van der Waals surface area contributed by atoms with Crippen LogP contribution in [0.25, 0.3) is 10.8 Å². The number of rotatable bonds is 8. The van der Waals surface area contributed by atoms with Crippen molar-refractivity contribution in [1.82, 2.24) is 10.3 Å². The predicted octanol–water partition coefficient (Wildman–Crippen LogP) is 1.92. The van der Waals surface area contributed by atoms with Crippen LogP contribution in [0, 0.1) is 0 Å². The maximum Gasteiger partial charge on any atom is 0.136 e. The molecule has 1 aromatic carbocycles. The highest BCUT2D eigenvalue weighted by atomic mass is 16.5. The van der Waals surface area contributed by atoms with Gasteiger partial charge in [0.05, 0.1) is 13.7 Å². The molecule has 0 amide bonds. The number of nitrogens with one attached hydrogen (secondary N) is 1. The summed E-state index contributed by atoms with van der Waals surface area (Å²) in [5.41, 5.74) is 0. The predicted molar refractivity (Wildman–Crippen MR) is 86.3 cm³/mol. The van der Waals surface area contributed by atoms with Gasteiger partial charge in [-0.05, 0) is 12.1 Å². The quantitative estimate of drug-likeness (QED) is 0.752. The second-order valence-electron chi connectivity index (χ2n) is 4.85. The lowest BCUT2D eigenvalue weighted by molar-refractivity contribution is 0.200. The topological polar surface area (TPSA) is 46.6 Å². The number of fused-ring (bicyclic) bond motifs is 1. The van der Waals surface area contributed by atoms with Gasteiger partial charge in [-0.25, -0.2) is 4.98 Å². The fourth-order valence-electron chi connectivity index (χ4n) is 2.30. The summed E-state index contributed by atoms with van der Waals surface area (Å²) in [5, 5.41) is 5.53. The zero-order chi connectivity index (χ0) is 15.1. The summed E-state index contributed by atoms with van der Waals surface area (Å²) in [7, 11) is 5.46. The number of nitrogens with zero attached hydrogens (tertiary/aromatic N) is 2. The van der Waals surface area contributed by atoms with E-state index in [0.29, 0.717) is 0 Å². The normalized spacial score (nSPS) is 10.8. The van der Waals surface area contributed by atoms with E-state index in [1.54, 1.807) is 14.2 Å². The Hall–Kier alpha value is -1.85. The van der Waals surface area contributed by atoms with E-state index in [9.17, 15) is 0 Å². The van der Waals surface area contributed by atoms with E-state index in [4.69, 9.17) is 9.47 Å². The number of ether oxygens (including phenoxy) is 2. The molecule has 0 atom stereocenters. The number of anilines is 1. The zero-order valence-corrected chi connectivity index (χ0v) is 12.9. The number of hydrogen-bond acceptors (Lipinski definition) is 5. The van der Waals surface area contributed by atoms with Crippen LogP contribution in [-0.4, -0.2) is 52.5 Å². The molecule has 1 aromatic heterocycles. The molecule has 0 radical (unpaired) electrons. The molecule has 1 N–H and O–H groups in total. The smallest absolute Gasteiger partial charge is 0.136 e. The molecule has 0 spiro atoms. The highest BCUT2D eigenvalue weighted by Gasteiger charge is 2.09. The summed E-state index contributed by atoms with van der Waals surface area (Å²) in [6.45, 7) is 3.36. The van der Waals surface area contributed by atoms with Gasteiger partial charge in [-0.2, -0.15) is 0 Å². The SMILES string of the molecule is COCCNCCN(C)c1nccc2c(OC)cccc12. The summed E-state index contributed by atoms with van der Waals surface area (Å²) in [6.07, 6.45) is 1.83. The third-order valence-corrected chi connectivity index (χ3v) is 3.43. The van der Waals surface area contributed by atoms with E-state index in [2.05, 4.69) is 28.3 Å². The summed E-state index contributed by atoms with van der Waals surface area (Å²) in [6, 6.07) is 8.03. The Morgan fingerprint density at radius 2 is 2.00 bits per heavy atom. The van der Waals surface area contributed by atoms with Crippen molar-refractivity contribution in [2.75, 3.05) is 52.4 Å². The molecule has 2 rings (SSSR count). The standard InChI is InChI=1S/C16H23N3O2/c1-19(11-9-17-10-12-20-2)16-14-5-4-6-15(21-3)13(14)7-8-18-16/h4-8,17H,9-12H2,1-3H3. The first-order valence-corrected chi connectivity index (χ1v) is 7.10. The van der Waals surface area contributed by atoms with Crippen molar-refractivity contribution in [3.63, 3.8) is 0 Å². The van der Waals surface area contributed by atoms with Gasteiger partial charge in [-0.3, -0.25) is 0 Å². The second kappa shape index (κ2) is 7.81. The summed E-state index contributed by atoms with van der Waals surface area (Å²) >= 11 is 0. The Kier molecular flexibility index (Phi) is 5.78. The Labute approximate surface area is 125 Å². The highest BCUT2D eigenvalue weighted by Crippen LogP contribution is 2.30. The Balaban J connectivity index is 2.10. The third-order valence-electron chi connectivity index (χ3n) is 3.43. The van der Waals surface area contributed by atoms with Crippen LogP contribution in [0.1, 0.15) is 0 Å². The molecule has 5 nitrogen and oxygen atoms in total. The summed E-state index contributed by atoms with van der Waals surface area (Å²) in [4.78, 5) is 6.67. The molecule has 0 bridgehead atoms. The van der Waals surface area contributed by atoms with Gasteiger partial charge in [0.1, 0.15) is 11.6 Å². The molecule has 0 fully saturated rings. The van der Waals surface area contributed by atoms with Crippen LogP contribution < -0.4 is 15.0 Å². The van der Waals surface area contributed by atoms with Gasteiger partial charge >= 0.3 is 0 Å². The number of benzene rings is 1. The van der Waals surface area contributed by atoms with Crippen LogP contribution in [0.4, 0.5) is 5.82 Å². The van der Waals surface area contributed by atoms with Crippen molar-refractivity contribution >= 4 is 16.6 Å². The van der Waals surface area contributed by atoms with Crippen molar-refractivity contribution < 1.29 is 9.47 Å². The van der Waals surface area contributed by atoms with Gasteiger partial charge in [-0.15, -0.1) is 0 Å². The van der Waals surface area contributed by atoms with Crippen molar-refractivity contribution in [2.24, 2.45) is 0 Å². The average Bonchev–Trinajstić information content (AvgIpc) is 2.53. The molecule has 0 saturated carbocycles. The largest absolute Gasteiger partial charge is 0.496 e. The number of aromatic nitrogens is 1. The fourth-order valence-corrected chi connectivity index (χ4v) is 2.30. The molecule has 0 aliphatic heterocycles. The summed E-state index contributed by atoms with van der Waals surface area (Å²) < 4.78 is 10.4.